The van der Waals surface area contributed by atoms with E-state index in [0.717, 1.165) is 24.2 Å². The fourth-order valence-corrected chi connectivity index (χ4v) is 14.3. The molecule has 2 heteroatoms. The van der Waals surface area contributed by atoms with Gasteiger partial charge in [-0.05, 0) is 170 Å². The average molecular weight is 791 g/mol. The van der Waals surface area contributed by atoms with Crippen LogP contribution in [-0.4, -0.2) is 21.6 Å². The third-order valence-corrected chi connectivity index (χ3v) is 17.3. The lowest BCUT2D eigenvalue weighted by molar-refractivity contribution is 0.239. The number of fused-ring (bicyclic) bond motifs is 8. The lowest BCUT2D eigenvalue weighted by Crippen LogP contribution is -2.44. The highest BCUT2D eigenvalue weighted by molar-refractivity contribution is 5.75. The Morgan fingerprint density at radius 2 is 1.58 bits per heavy atom. The third kappa shape index (κ3) is 6.00. The van der Waals surface area contributed by atoms with Crippen LogP contribution in [0.2, 0.25) is 0 Å². The SMILES string of the molecule is CC1CCC=C(C2=CC(N(C3=CC(C)C(C4C=Cc5c6c(n(C7=CC8CC8C7)c5CC4)C=CCC6)c4ccccc43)C3C=C4C(CC3)c3ccccc3C4(C)C)CCC2)C1. The van der Waals surface area contributed by atoms with Crippen LogP contribution < -0.4 is 0 Å². The molecule has 0 saturated heterocycles. The normalized spacial score (nSPS) is 33.1. The van der Waals surface area contributed by atoms with E-state index in [-0.39, 0.29) is 5.41 Å². The summed E-state index contributed by atoms with van der Waals surface area (Å²) >= 11 is 0. The second kappa shape index (κ2) is 14.4. The topological polar surface area (TPSA) is 8.17 Å². The fraction of sp³-hybridized carbons (Fsp3) is 0.483. The molecule has 0 spiro atoms. The zero-order chi connectivity index (χ0) is 40.3. The van der Waals surface area contributed by atoms with E-state index in [2.05, 4.69) is 140 Å². The number of hydrogen-bond acceptors (Lipinski definition) is 1. The van der Waals surface area contributed by atoms with Gasteiger partial charge in [-0.25, -0.2) is 0 Å². The molecule has 0 N–H and O–H groups in total. The summed E-state index contributed by atoms with van der Waals surface area (Å²) in [4.78, 5) is 2.99. The summed E-state index contributed by atoms with van der Waals surface area (Å²) in [5.41, 5.74) is 20.6. The Kier molecular flexibility index (Phi) is 8.98. The molecule has 9 unspecified atom stereocenters. The van der Waals surface area contributed by atoms with E-state index in [1.165, 1.54) is 100 Å². The quantitative estimate of drug-likeness (QED) is 0.226. The summed E-state index contributed by atoms with van der Waals surface area (Å²) in [7, 11) is 0. The number of benzene rings is 2. The van der Waals surface area contributed by atoms with Crippen molar-refractivity contribution >= 4 is 23.5 Å². The largest absolute Gasteiger partial charge is 0.358 e. The second-order valence-corrected chi connectivity index (χ2v) is 21.3. The Morgan fingerprint density at radius 3 is 2.45 bits per heavy atom. The van der Waals surface area contributed by atoms with Crippen LogP contribution in [0.5, 0.6) is 0 Å². The van der Waals surface area contributed by atoms with Gasteiger partial charge in [-0.3, -0.25) is 0 Å². The molecule has 9 atom stereocenters. The van der Waals surface area contributed by atoms with Crippen LogP contribution >= 0.6 is 0 Å². The first-order valence-corrected chi connectivity index (χ1v) is 24.4. The highest BCUT2D eigenvalue weighted by Crippen LogP contribution is 2.57. The lowest BCUT2D eigenvalue weighted by Gasteiger charge is -2.47. The number of allylic oxidation sites excluding steroid dienone is 9. The van der Waals surface area contributed by atoms with Gasteiger partial charge in [0.25, 0.3) is 0 Å². The van der Waals surface area contributed by atoms with Gasteiger partial charge in [0.15, 0.2) is 0 Å². The first kappa shape index (κ1) is 37.5. The van der Waals surface area contributed by atoms with Gasteiger partial charge in [0.1, 0.15) is 0 Å². The Morgan fingerprint density at radius 1 is 0.733 bits per heavy atom. The fourth-order valence-electron chi connectivity index (χ4n) is 14.3. The van der Waals surface area contributed by atoms with E-state index >= 15 is 0 Å². The van der Waals surface area contributed by atoms with Gasteiger partial charge in [-0.1, -0.05) is 130 Å². The summed E-state index contributed by atoms with van der Waals surface area (Å²) in [6, 6.07) is 19.9. The monoisotopic (exact) mass is 791 g/mol. The molecule has 12 rings (SSSR count). The van der Waals surface area contributed by atoms with Crippen LogP contribution in [0.4, 0.5) is 0 Å². The summed E-state index contributed by atoms with van der Waals surface area (Å²) in [5, 5.41) is 0. The summed E-state index contributed by atoms with van der Waals surface area (Å²) in [6.07, 6.45) is 41.1. The van der Waals surface area contributed by atoms with Gasteiger partial charge in [0, 0.05) is 51.8 Å². The van der Waals surface area contributed by atoms with Gasteiger partial charge >= 0.3 is 0 Å². The maximum atomic E-state index is 2.99. The van der Waals surface area contributed by atoms with Crippen molar-refractivity contribution in [2.45, 2.75) is 147 Å². The van der Waals surface area contributed by atoms with Gasteiger partial charge in [-0.2, -0.15) is 0 Å². The van der Waals surface area contributed by atoms with Crippen molar-refractivity contribution < 1.29 is 0 Å². The van der Waals surface area contributed by atoms with E-state index in [4.69, 9.17) is 0 Å². The minimum Gasteiger partial charge on any atom is -0.358 e. The van der Waals surface area contributed by atoms with E-state index in [1.807, 2.05) is 0 Å². The average Bonchev–Trinajstić information content (AvgIpc) is 3.75. The van der Waals surface area contributed by atoms with Crippen LogP contribution in [0.3, 0.4) is 0 Å². The zero-order valence-corrected chi connectivity index (χ0v) is 36.8. The molecule has 2 nitrogen and oxygen atoms in total. The predicted octanol–water partition coefficient (Wildman–Crippen LogP) is 14.4. The Hall–Kier alpha value is -4.30. The molecule has 0 amide bonds. The van der Waals surface area contributed by atoms with Crippen molar-refractivity contribution in [1.82, 2.24) is 9.47 Å². The van der Waals surface area contributed by atoms with Crippen LogP contribution in [0, 0.1) is 29.6 Å². The number of rotatable bonds is 6. The van der Waals surface area contributed by atoms with Gasteiger partial charge < -0.3 is 9.47 Å². The predicted molar refractivity (Wildman–Crippen MR) is 251 cm³/mol. The molecule has 60 heavy (non-hydrogen) atoms. The summed E-state index contributed by atoms with van der Waals surface area (Å²) in [5.74, 6) is 4.51. The smallest absolute Gasteiger partial charge is 0.0490 e. The minimum atomic E-state index is 0.0641. The minimum absolute atomic E-state index is 0.0641. The number of hydrogen-bond donors (Lipinski definition) is 0. The zero-order valence-electron chi connectivity index (χ0n) is 36.8. The van der Waals surface area contributed by atoms with Crippen molar-refractivity contribution in [3.63, 3.8) is 0 Å². The third-order valence-electron chi connectivity index (χ3n) is 17.3. The lowest BCUT2D eigenvalue weighted by atomic mass is 9.70. The molecule has 1 saturated carbocycles. The molecular weight excluding hydrogens is 725 g/mol. The molecule has 3 aromatic rings. The molecule has 0 radical (unpaired) electrons. The number of nitrogens with zero attached hydrogens (tertiary/aromatic N) is 2. The maximum absolute atomic E-state index is 2.99. The molecule has 0 bridgehead atoms. The van der Waals surface area contributed by atoms with Gasteiger partial charge in [-0.15, -0.1) is 0 Å². The van der Waals surface area contributed by atoms with E-state index in [9.17, 15) is 0 Å². The Bertz CT molecular complexity index is 2470. The molecule has 9 aliphatic carbocycles. The standard InChI is InChI=1S/C58H66N2/c1-36-13-11-14-39(29-36)40-15-12-16-43(32-40)59(44-25-27-47-46-17-7-9-21-52(46)58(3,4)53(47)35-44)56-30-37(2)57(51-20-6-5-19-49(51)56)38-23-26-50-48-18-8-10-22-54(48)60(55(50)28-24-38)45-33-41-31-42(41)34-45/h5-7,9-10,14,17,19-23,26,30,32-33,35-38,41-44,47,57H,8,11-13,15-16,18,24-25,27-29,31,34H2,1-4H3. The molecular formula is C58H66N2. The van der Waals surface area contributed by atoms with Crippen LogP contribution in [0.1, 0.15) is 161 Å². The van der Waals surface area contributed by atoms with Crippen LogP contribution in [-0.2, 0) is 18.3 Å². The Labute approximate surface area is 360 Å². The molecule has 1 aromatic heterocycles. The Balaban J connectivity index is 0.928. The van der Waals surface area contributed by atoms with Crippen molar-refractivity contribution in [1.29, 1.82) is 0 Å². The molecule has 1 heterocycles. The summed E-state index contributed by atoms with van der Waals surface area (Å²) in [6.45, 7) is 10.0. The highest BCUT2D eigenvalue weighted by atomic mass is 15.2. The van der Waals surface area contributed by atoms with Gasteiger partial charge in [0.2, 0.25) is 0 Å². The van der Waals surface area contributed by atoms with Crippen molar-refractivity contribution in [3.8, 4) is 0 Å². The molecule has 0 aliphatic heterocycles. The molecule has 308 valence electrons. The first-order valence-electron chi connectivity index (χ1n) is 24.4. The van der Waals surface area contributed by atoms with Gasteiger partial charge in [0.05, 0.1) is 0 Å². The first-order chi connectivity index (χ1) is 29.3. The van der Waals surface area contributed by atoms with E-state index < -0.39 is 0 Å². The van der Waals surface area contributed by atoms with Crippen molar-refractivity contribution in [3.05, 3.63) is 153 Å². The molecule has 9 aliphatic rings. The van der Waals surface area contributed by atoms with E-state index in [1.54, 1.807) is 55.9 Å². The van der Waals surface area contributed by atoms with Crippen molar-refractivity contribution in [2.75, 3.05) is 0 Å². The molecule has 1 fully saturated rings. The molecule has 2 aromatic carbocycles. The van der Waals surface area contributed by atoms with Crippen LogP contribution in [0.15, 0.2) is 108 Å². The maximum Gasteiger partial charge on any atom is 0.0490 e. The van der Waals surface area contributed by atoms with E-state index in [0.29, 0.717) is 35.8 Å². The summed E-state index contributed by atoms with van der Waals surface area (Å²) < 4.78 is 2.75. The number of aromatic nitrogens is 1. The highest BCUT2D eigenvalue weighted by Gasteiger charge is 2.46. The van der Waals surface area contributed by atoms with Crippen molar-refractivity contribution in [2.24, 2.45) is 29.6 Å². The van der Waals surface area contributed by atoms with Crippen LogP contribution in [0.25, 0.3) is 23.5 Å². The second-order valence-electron chi connectivity index (χ2n) is 21.3.